The van der Waals surface area contributed by atoms with Crippen LogP contribution in [0.25, 0.3) is 0 Å². The maximum Gasteiger partial charge on any atom is 0.247 e. The number of carbonyl (C=O) groups is 2. The zero-order chi connectivity index (χ0) is 27.5. The van der Waals surface area contributed by atoms with Crippen LogP contribution in [0.1, 0.15) is 62.8 Å². The number of rotatable bonds is 13. The molecule has 0 aliphatic heterocycles. The smallest absolute Gasteiger partial charge is 0.247 e. The summed E-state index contributed by atoms with van der Waals surface area (Å²) in [5.41, 5.74) is 3.43. The second-order valence-electron chi connectivity index (χ2n) is 10.1. The molecule has 7 nitrogen and oxygen atoms in total. The third kappa shape index (κ3) is 8.53. The van der Waals surface area contributed by atoms with Gasteiger partial charge in [-0.2, -0.15) is 5.26 Å². The highest BCUT2D eigenvalue weighted by molar-refractivity contribution is 5.95. The zero-order valence-electron chi connectivity index (χ0n) is 22.6. The molecule has 0 radical (unpaired) electrons. The van der Waals surface area contributed by atoms with Gasteiger partial charge in [0, 0.05) is 13.1 Å². The Morgan fingerprint density at radius 3 is 2.26 bits per heavy atom. The molecule has 0 saturated carbocycles. The molecule has 1 aromatic heterocycles. The summed E-state index contributed by atoms with van der Waals surface area (Å²) in [5, 5.41) is 15.4. The minimum atomic E-state index is -0.571. The summed E-state index contributed by atoms with van der Waals surface area (Å²) >= 11 is 0. The van der Waals surface area contributed by atoms with Crippen molar-refractivity contribution in [3.63, 3.8) is 0 Å². The van der Waals surface area contributed by atoms with Crippen LogP contribution in [0.5, 0.6) is 0 Å². The van der Waals surface area contributed by atoms with Gasteiger partial charge >= 0.3 is 0 Å². The van der Waals surface area contributed by atoms with Crippen molar-refractivity contribution >= 4 is 23.2 Å². The van der Waals surface area contributed by atoms with Crippen molar-refractivity contribution in [3.05, 3.63) is 89.6 Å². The molecule has 1 heterocycles. The minimum absolute atomic E-state index is 0.0955. The first-order valence-corrected chi connectivity index (χ1v) is 13.1. The number of benzene rings is 2. The molecule has 1 amide bonds. The van der Waals surface area contributed by atoms with Crippen LogP contribution in [-0.4, -0.2) is 36.3 Å². The van der Waals surface area contributed by atoms with Crippen LogP contribution in [0.2, 0.25) is 0 Å². The normalized spacial score (nSPS) is 12.4. The van der Waals surface area contributed by atoms with Crippen molar-refractivity contribution < 1.29 is 9.59 Å². The first kappa shape index (κ1) is 28.5. The van der Waals surface area contributed by atoms with E-state index in [2.05, 4.69) is 42.5 Å². The van der Waals surface area contributed by atoms with Crippen molar-refractivity contribution in [2.75, 3.05) is 29.9 Å². The maximum atomic E-state index is 13.4. The van der Waals surface area contributed by atoms with Crippen LogP contribution < -0.4 is 15.5 Å². The lowest BCUT2D eigenvalue weighted by Gasteiger charge is -2.24. The molecule has 0 saturated heterocycles. The molecular weight excluding hydrogens is 474 g/mol. The van der Waals surface area contributed by atoms with Gasteiger partial charge in [0.15, 0.2) is 0 Å². The predicted octanol–water partition coefficient (Wildman–Crippen LogP) is 5.47. The number of Topliss-reactive ketones (excluding diaryl/α,β-unsaturated/α-hetero) is 1. The molecule has 0 bridgehead atoms. The van der Waals surface area contributed by atoms with Crippen LogP contribution in [0.4, 0.5) is 11.5 Å². The summed E-state index contributed by atoms with van der Waals surface area (Å²) in [4.78, 5) is 31.7. The van der Waals surface area contributed by atoms with Crippen molar-refractivity contribution in [2.24, 2.45) is 5.92 Å². The zero-order valence-corrected chi connectivity index (χ0v) is 22.6. The van der Waals surface area contributed by atoms with Crippen LogP contribution >= 0.6 is 0 Å². The largest absolute Gasteiger partial charge is 0.363 e. The van der Waals surface area contributed by atoms with E-state index in [4.69, 9.17) is 5.26 Å². The van der Waals surface area contributed by atoms with Gasteiger partial charge in [-0.25, -0.2) is 4.98 Å². The van der Waals surface area contributed by atoms with Gasteiger partial charge in [0.2, 0.25) is 5.91 Å². The Kier molecular flexibility index (Phi) is 10.6. The molecule has 3 rings (SSSR count). The van der Waals surface area contributed by atoms with Gasteiger partial charge in [-0.1, -0.05) is 63.2 Å². The number of nitrogens with one attached hydrogen (secondary N) is 2. The standard InChI is InChI=1S/C31H37N5O2/c1-22(2)16-17-36(21-24(4)37)28-14-15-29(33-20-28)35-31(38)30(27-8-6-5-7-9-27)34-19-23(3)26-12-10-25(18-32)11-13-26/h5-15,20,22-23,30,34H,16-17,19,21H2,1-4H3,(H,33,35,38). The van der Waals surface area contributed by atoms with E-state index in [1.54, 1.807) is 19.2 Å². The molecule has 0 aliphatic rings. The Morgan fingerprint density at radius 2 is 1.68 bits per heavy atom. The Hall–Kier alpha value is -4.02. The highest BCUT2D eigenvalue weighted by Crippen LogP contribution is 2.21. The molecule has 0 aliphatic carbocycles. The number of amides is 1. The Bertz CT molecular complexity index is 1220. The topological polar surface area (TPSA) is 98.1 Å². The average Bonchev–Trinajstić information content (AvgIpc) is 2.92. The van der Waals surface area contributed by atoms with Gasteiger partial charge in [-0.05, 0) is 60.6 Å². The molecule has 7 heteroatoms. The van der Waals surface area contributed by atoms with Crippen molar-refractivity contribution in [1.29, 1.82) is 5.26 Å². The fraction of sp³-hybridized carbons (Fsp3) is 0.355. The van der Waals surface area contributed by atoms with Gasteiger partial charge in [-0.15, -0.1) is 0 Å². The van der Waals surface area contributed by atoms with E-state index in [9.17, 15) is 9.59 Å². The highest BCUT2D eigenvalue weighted by Gasteiger charge is 2.22. The third-order valence-corrected chi connectivity index (χ3v) is 6.39. The molecule has 198 valence electrons. The number of carbonyl (C=O) groups excluding carboxylic acids is 2. The maximum absolute atomic E-state index is 13.4. The van der Waals surface area contributed by atoms with E-state index in [0.717, 1.165) is 29.8 Å². The Morgan fingerprint density at radius 1 is 0.974 bits per heavy atom. The monoisotopic (exact) mass is 511 g/mol. The number of aromatic nitrogens is 1. The summed E-state index contributed by atoms with van der Waals surface area (Å²) < 4.78 is 0. The SMILES string of the molecule is CC(=O)CN(CCC(C)C)c1ccc(NC(=O)C(NCC(C)c2ccc(C#N)cc2)c2ccccc2)nc1. The average molecular weight is 512 g/mol. The van der Waals surface area contributed by atoms with Crippen LogP contribution in [-0.2, 0) is 9.59 Å². The molecule has 0 fully saturated rings. The molecule has 0 spiro atoms. The molecular formula is C31H37N5O2. The van der Waals surface area contributed by atoms with Crippen LogP contribution in [0.15, 0.2) is 72.9 Å². The fourth-order valence-electron chi connectivity index (χ4n) is 4.13. The number of anilines is 2. The van der Waals surface area contributed by atoms with E-state index >= 15 is 0 Å². The van der Waals surface area contributed by atoms with E-state index in [1.807, 2.05) is 65.6 Å². The first-order valence-electron chi connectivity index (χ1n) is 13.1. The Labute approximate surface area is 225 Å². The first-order chi connectivity index (χ1) is 18.3. The third-order valence-electron chi connectivity index (χ3n) is 6.39. The van der Waals surface area contributed by atoms with E-state index in [-0.39, 0.29) is 17.6 Å². The van der Waals surface area contributed by atoms with E-state index in [0.29, 0.717) is 30.4 Å². The molecule has 2 atom stereocenters. The summed E-state index contributed by atoms with van der Waals surface area (Å²) in [6.07, 6.45) is 2.67. The van der Waals surface area contributed by atoms with Gasteiger partial charge in [-0.3, -0.25) is 9.59 Å². The van der Waals surface area contributed by atoms with Gasteiger partial charge in [0.1, 0.15) is 17.6 Å². The van der Waals surface area contributed by atoms with Gasteiger partial charge < -0.3 is 15.5 Å². The number of nitrogens with zero attached hydrogens (tertiary/aromatic N) is 3. The molecule has 3 aromatic rings. The number of hydrogen-bond donors (Lipinski definition) is 2. The number of nitriles is 1. The quantitative estimate of drug-likeness (QED) is 0.316. The van der Waals surface area contributed by atoms with Crippen molar-refractivity contribution in [1.82, 2.24) is 10.3 Å². The lowest BCUT2D eigenvalue weighted by molar-refractivity contribution is -0.118. The predicted molar refractivity (Wildman–Crippen MR) is 152 cm³/mol. The van der Waals surface area contributed by atoms with E-state index in [1.165, 1.54) is 0 Å². The second-order valence-corrected chi connectivity index (χ2v) is 10.1. The minimum Gasteiger partial charge on any atom is -0.363 e. The van der Waals surface area contributed by atoms with Crippen molar-refractivity contribution in [2.45, 2.75) is 46.1 Å². The second kappa shape index (κ2) is 14.1. The van der Waals surface area contributed by atoms with E-state index < -0.39 is 6.04 Å². The lowest BCUT2D eigenvalue weighted by Crippen LogP contribution is -2.35. The number of hydrogen-bond acceptors (Lipinski definition) is 6. The lowest BCUT2D eigenvalue weighted by atomic mass is 9.98. The Balaban J connectivity index is 1.70. The van der Waals surface area contributed by atoms with Crippen LogP contribution in [0.3, 0.4) is 0 Å². The summed E-state index contributed by atoms with van der Waals surface area (Å²) in [6.45, 7) is 9.65. The van der Waals surface area contributed by atoms with Gasteiger partial charge in [0.25, 0.3) is 0 Å². The van der Waals surface area contributed by atoms with Crippen LogP contribution in [0, 0.1) is 17.2 Å². The van der Waals surface area contributed by atoms with Crippen molar-refractivity contribution in [3.8, 4) is 6.07 Å². The highest BCUT2D eigenvalue weighted by atomic mass is 16.2. The van der Waals surface area contributed by atoms with Gasteiger partial charge in [0.05, 0.1) is 30.1 Å². The molecule has 2 aromatic carbocycles. The summed E-state index contributed by atoms with van der Waals surface area (Å²) in [7, 11) is 0. The summed E-state index contributed by atoms with van der Waals surface area (Å²) in [6, 6.07) is 22.3. The molecule has 38 heavy (non-hydrogen) atoms. The summed E-state index contributed by atoms with van der Waals surface area (Å²) in [5.74, 6) is 1.01. The fourth-order valence-corrected chi connectivity index (χ4v) is 4.13. The molecule has 2 unspecified atom stereocenters. The number of pyridine rings is 1. The number of ketones is 1. The molecule has 2 N–H and O–H groups in total.